The molecule has 0 saturated carbocycles. The van der Waals surface area contributed by atoms with E-state index in [-0.39, 0.29) is 29.4 Å². The second-order valence-electron chi connectivity index (χ2n) is 5.06. The van der Waals surface area contributed by atoms with Crippen LogP contribution in [0.4, 0.5) is 4.39 Å². The van der Waals surface area contributed by atoms with Crippen LogP contribution in [0.1, 0.15) is 17.3 Å². The molecule has 0 bridgehead atoms. The largest absolute Gasteiger partial charge is 0.507 e. The molecule has 0 atom stereocenters. The molecule has 24 heavy (non-hydrogen) atoms. The first-order valence-electron chi connectivity index (χ1n) is 7.23. The van der Waals surface area contributed by atoms with Crippen molar-refractivity contribution >= 4 is 11.8 Å². The van der Waals surface area contributed by atoms with Crippen LogP contribution in [0.25, 0.3) is 11.1 Å². The molecule has 0 unspecified atom stereocenters. The Kier molecular flexibility index (Phi) is 4.04. The number of aromatic hydroxyl groups is 1. The highest BCUT2D eigenvalue weighted by Gasteiger charge is 2.30. The second-order valence-corrected chi connectivity index (χ2v) is 5.06. The Morgan fingerprint density at radius 3 is 2.62 bits per heavy atom. The van der Waals surface area contributed by atoms with Gasteiger partial charge >= 0.3 is 5.97 Å². The number of ketones is 1. The van der Waals surface area contributed by atoms with Gasteiger partial charge in [0.15, 0.2) is 5.76 Å². The van der Waals surface area contributed by atoms with E-state index in [1.165, 1.54) is 36.4 Å². The maximum absolute atomic E-state index is 13.0. The summed E-state index contributed by atoms with van der Waals surface area (Å²) in [4.78, 5) is 23.8. The first-order chi connectivity index (χ1) is 11.5. The zero-order valence-corrected chi connectivity index (χ0v) is 12.7. The minimum absolute atomic E-state index is 0.120. The molecule has 0 radical (unpaired) electrons. The number of ether oxygens (including phenoxy) is 2. The van der Waals surface area contributed by atoms with E-state index < -0.39 is 17.6 Å². The molecule has 2 aromatic rings. The maximum atomic E-state index is 13.0. The molecule has 1 N–H and O–H groups in total. The van der Waals surface area contributed by atoms with Crippen LogP contribution in [-0.2, 0) is 9.53 Å². The van der Waals surface area contributed by atoms with Crippen molar-refractivity contribution in [3.05, 3.63) is 59.6 Å². The van der Waals surface area contributed by atoms with E-state index in [1.54, 1.807) is 6.92 Å². The Morgan fingerprint density at radius 1 is 1.25 bits per heavy atom. The van der Waals surface area contributed by atoms with E-state index in [1.807, 2.05) is 0 Å². The zero-order chi connectivity index (χ0) is 17.3. The van der Waals surface area contributed by atoms with Crippen molar-refractivity contribution in [2.75, 3.05) is 6.61 Å². The molecular formula is C18H13FO5. The van der Waals surface area contributed by atoms with Crippen LogP contribution in [0.2, 0.25) is 0 Å². The molecule has 0 aromatic heterocycles. The highest BCUT2D eigenvalue weighted by atomic mass is 19.1. The van der Waals surface area contributed by atoms with Gasteiger partial charge in [-0.2, -0.15) is 0 Å². The molecule has 5 nitrogen and oxygen atoms in total. The summed E-state index contributed by atoms with van der Waals surface area (Å²) in [5.74, 6) is -1.71. The van der Waals surface area contributed by atoms with Crippen LogP contribution < -0.4 is 4.74 Å². The predicted octanol–water partition coefficient (Wildman–Crippen LogP) is 3.22. The molecule has 3 rings (SSSR count). The van der Waals surface area contributed by atoms with Crippen LogP contribution in [0.15, 0.2) is 48.2 Å². The summed E-state index contributed by atoms with van der Waals surface area (Å²) in [7, 11) is 0. The molecule has 6 heteroatoms. The number of halogens is 1. The molecule has 1 heterocycles. The van der Waals surface area contributed by atoms with Gasteiger partial charge < -0.3 is 14.6 Å². The molecule has 0 fully saturated rings. The molecule has 0 saturated heterocycles. The lowest BCUT2D eigenvalue weighted by Gasteiger charge is -2.06. The van der Waals surface area contributed by atoms with Crippen molar-refractivity contribution in [2.45, 2.75) is 6.92 Å². The Balaban J connectivity index is 1.99. The summed E-state index contributed by atoms with van der Waals surface area (Å²) in [5.41, 5.74) is 1.12. The Labute approximate surface area is 136 Å². The van der Waals surface area contributed by atoms with Gasteiger partial charge in [0.25, 0.3) is 0 Å². The molecule has 0 spiro atoms. The average Bonchev–Trinajstić information content (AvgIpc) is 2.83. The van der Waals surface area contributed by atoms with Crippen molar-refractivity contribution in [1.29, 1.82) is 0 Å². The van der Waals surface area contributed by atoms with Gasteiger partial charge in [0.2, 0.25) is 5.78 Å². The number of esters is 1. The van der Waals surface area contributed by atoms with Gasteiger partial charge in [-0.15, -0.1) is 0 Å². The molecule has 0 amide bonds. The van der Waals surface area contributed by atoms with Crippen molar-refractivity contribution in [3.63, 3.8) is 0 Å². The molecule has 2 aromatic carbocycles. The number of fused-ring (bicyclic) bond motifs is 1. The molecular weight excluding hydrogens is 315 g/mol. The highest BCUT2D eigenvalue weighted by molar-refractivity contribution is 6.15. The first kappa shape index (κ1) is 15.7. The van der Waals surface area contributed by atoms with E-state index in [2.05, 4.69) is 0 Å². The smallest absolute Gasteiger partial charge is 0.334 e. The van der Waals surface area contributed by atoms with E-state index in [0.717, 1.165) is 6.08 Å². The van der Waals surface area contributed by atoms with Gasteiger partial charge in [0, 0.05) is 11.6 Å². The lowest BCUT2D eigenvalue weighted by Crippen LogP contribution is -2.06. The summed E-state index contributed by atoms with van der Waals surface area (Å²) in [6.45, 7) is 1.83. The van der Waals surface area contributed by atoms with E-state index in [9.17, 15) is 19.1 Å². The van der Waals surface area contributed by atoms with Crippen molar-refractivity contribution < 1.29 is 28.6 Å². The summed E-state index contributed by atoms with van der Waals surface area (Å²) >= 11 is 0. The SMILES string of the molecule is CCOC(=O)/C=C1\Oc2cc(O)c(-c3ccc(F)cc3)cc2C1=O. The fraction of sp³-hybridized carbons (Fsp3) is 0.111. The fourth-order valence-corrected chi connectivity index (χ4v) is 2.38. The summed E-state index contributed by atoms with van der Waals surface area (Å²) in [6, 6.07) is 8.24. The molecule has 1 aliphatic rings. The maximum Gasteiger partial charge on any atom is 0.334 e. The van der Waals surface area contributed by atoms with E-state index in [0.29, 0.717) is 11.1 Å². The van der Waals surface area contributed by atoms with Crippen molar-refractivity contribution in [2.24, 2.45) is 0 Å². The van der Waals surface area contributed by atoms with Crippen LogP contribution in [0.3, 0.4) is 0 Å². The topological polar surface area (TPSA) is 72.8 Å². The zero-order valence-electron chi connectivity index (χ0n) is 12.7. The Bertz CT molecular complexity index is 852. The number of benzene rings is 2. The Hall–Kier alpha value is -3.15. The number of hydrogen-bond acceptors (Lipinski definition) is 5. The minimum atomic E-state index is -0.684. The van der Waals surface area contributed by atoms with Crippen LogP contribution in [-0.4, -0.2) is 23.5 Å². The van der Waals surface area contributed by atoms with Crippen LogP contribution in [0.5, 0.6) is 11.5 Å². The number of phenolic OH excluding ortho intramolecular Hbond substituents is 1. The third-order valence-electron chi connectivity index (χ3n) is 3.48. The van der Waals surface area contributed by atoms with Gasteiger partial charge in [-0.05, 0) is 30.7 Å². The normalized spacial score (nSPS) is 14.4. The van der Waals surface area contributed by atoms with Crippen LogP contribution >= 0.6 is 0 Å². The lowest BCUT2D eigenvalue weighted by atomic mass is 10.00. The summed E-state index contributed by atoms with van der Waals surface area (Å²) < 4.78 is 23.1. The van der Waals surface area contributed by atoms with Gasteiger partial charge in [0.05, 0.1) is 18.2 Å². The van der Waals surface area contributed by atoms with E-state index in [4.69, 9.17) is 9.47 Å². The third kappa shape index (κ3) is 2.86. The quantitative estimate of drug-likeness (QED) is 0.692. The van der Waals surface area contributed by atoms with Crippen molar-refractivity contribution in [3.8, 4) is 22.6 Å². The number of hydrogen-bond donors (Lipinski definition) is 1. The average molecular weight is 328 g/mol. The number of Topliss-reactive ketones (excluding diaryl/α,β-unsaturated/α-hetero) is 1. The van der Waals surface area contributed by atoms with Crippen LogP contribution in [0, 0.1) is 5.82 Å². The van der Waals surface area contributed by atoms with Gasteiger partial charge in [-0.1, -0.05) is 12.1 Å². The monoisotopic (exact) mass is 328 g/mol. The third-order valence-corrected chi connectivity index (χ3v) is 3.48. The highest BCUT2D eigenvalue weighted by Crippen LogP contribution is 2.40. The molecule has 122 valence electrons. The standard InChI is InChI=1S/C18H13FO5/c1-2-23-17(21)9-16-18(22)13-7-12(14(20)8-15(13)24-16)10-3-5-11(19)6-4-10/h3-9,20H,2H2,1H3/b16-9-. The molecule has 1 aliphatic heterocycles. The molecule has 0 aliphatic carbocycles. The van der Waals surface area contributed by atoms with Gasteiger partial charge in [-0.3, -0.25) is 4.79 Å². The summed E-state index contributed by atoms with van der Waals surface area (Å²) in [5, 5.41) is 10.1. The number of carbonyl (C=O) groups is 2. The number of rotatable bonds is 3. The number of carbonyl (C=O) groups excluding carboxylic acids is 2. The van der Waals surface area contributed by atoms with Gasteiger partial charge in [-0.25, -0.2) is 9.18 Å². The Morgan fingerprint density at radius 2 is 1.96 bits per heavy atom. The first-order valence-corrected chi connectivity index (χ1v) is 7.23. The predicted molar refractivity (Wildman–Crippen MR) is 83.2 cm³/mol. The summed E-state index contributed by atoms with van der Waals surface area (Å²) in [6.07, 6.45) is 0.973. The van der Waals surface area contributed by atoms with Crippen molar-refractivity contribution in [1.82, 2.24) is 0 Å². The number of phenols is 1. The van der Waals surface area contributed by atoms with Gasteiger partial charge in [0.1, 0.15) is 17.3 Å². The fourth-order valence-electron chi connectivity index (χ4n) is 2.38. The van der Waals surface area contributed by atoms with E-state index >= 15 is 0 Å². The minimum Gasteiger partial charge on any atom is -0.507 e. The lowest BCUT2D eigenvalue weighted by molar-refractivity contribution is -0.137. The second kappa shape index (κ2) is 6.16. The number of allylic oxidation sites excluding steroid dienone is 1.